The monoisotopic (exact) mass is 362 g/mol. The van der Waals surface area contributed by atoms with Crippen LogP contribution in [0.4, 0.5) is 11.4 Å². The molecular weight excluding hydrogens is 348 g/mol. The molecule has 22 heavy (non-hydrogen) atoms. The first kappa shape index (κ1) is 16.0. The van der Waals surface area contributed by atoms with Gasteiger partial charge >= 0.3 is 0 Å². The minimum Gasteiger partial charge on any atom is -0.495 e. The maximum Gasteiger partial charge on any atom is 0.256 e. The predicted molar refractivity (Wildman–Crippen MR) is 89.4 cm³/mol. The topological polar surface area (TPSA) is 67.4 Å². The molecule has 0 atom stereocenters. The van der Waals surface area contributed by atoms with Crippen molar-refractivity contribution in [3.8, 4) is 5.75 Å². The summed E-state index contributed by atoms with van der Waals surface area (Å²) in [5, 5.41) is 5.45. The van der Waals surface area contributed by atoms with E-state index >= 15 is 0 Å². The van der Waals surface area contributed by atoms with E-state index in [1.54, 1.807) is 36.4 Å². The first-order valence-electron chi connectivity index (χ1n) is 6.52. The van der Waals surface area contributed by atoms with Crippen LogP contribution in [0.2, 0.25) is 0 Å². The standard InChI is InChI=1S/C16H15BrN2O3/c1-10(20)18-14-9-11(7-8-15(14)22-2)19-16(21)12-5-3-4-6-13(12)17/h3-9H,1-2H3,(H,18,20)(H,19,21). The molecule has 0 aromatic heterocycles. The van der Waals surface area contributed by atoms with Crippen molar-refractivity contribution < 1.29 is 14.3 Å². The molecule has 0 saturated carbocycles. The van der Waals surface area contributed by atoms with Gasteiger partial charge in [-0.25, -0.2) is 0 Å². The Hall–Kier alpha value is -2.34. The molecule has 0 aliphatic heterocycles. The van der Waals surface area contributed by atoms with Crippen LogP contribution in [0.5, 0.6) is 5.75 Å². The SMILES string of the molecule is COc1ccc(NC(=O)c2ccccc2Br)cc1NC(C)=O. The van der Waals surface area contributed by atoms with E-state index in [1.165, 1.54) is 14.0 Å². The average Bonchev–Trinajstić information content (AvgIpc) is 2.47. The van der Waals surface area contributed by atoms with Crippen LogP contribution in [0.3, 0.4) is 0 Å². The Kier molecular flexibility index (Phi) is 5.16. The van der Waals surface area contributed by atoms with E-state index in [9.17, 15) is 9.59 Å². The Labute approximate surface area is 136 Å². The summed E-state index contributed by atoms with van der Waals surface area (Å²) in [7, 11) is 1.51. The number of amides is 2. The molecular formula is C16H15BrN2O3. The minimum absolute atomic E-state index is 0.215. The molecule has 5 nitrogen and oxygen atoms in total. The summed E-state index contributed by atoms with van der Waals surface area (Å²) >= 11 is 3.34. The van der Waals surface area contributed by atoms with Gasteiger partial charge in [0.25, 0.3) is 5.91 Å². The molecule has 2 amide bonds. The Morgan fingerprint density at radius 1 is 1.09 bits per heavy atom. The molecule has 0 aliphatic rings. The van der Waals surface area contributed by atoms with E-state index in [0.29, 0.717) is 27.2 Å². The number of nitrogens with one attached hydrogen (secondary N) is 2. The summed E-state index contributed by atoms with van der Waals surface area (Å²) in [5.74, 6) is 0.0630. The first-order chi connectivity index (χ1) is 10.5. The highest BCUT2D eigenvalue weighted by Crippen LogP contribution is 2.28. The highest BCUT2D eigenvalue weighted by Gasteiger charge is 2.11. The van der Waals surface area contributed by atoms with Crippen LogP contribution in [-0.2, 0) is 4.79 Å². The molecule has 6 heteroatoms. The third-order valence-corrected chi connectivity index (χ3v) is 3.58. The molecule has 2 rings (SSSR count). The third-order valence-electron chi connectivity index (χ3n) is 2.89. The molecule has 0 radical (unpaired) electrons. The van der Waals surface area contributed by atoms with E-state index in [1.807, 2.05) is 6.07 Å². The molecule has 0 heterocycles. The molecule has 2 N–H and O–H groups in total. The zero-order chi connectivity index (χ0) is 16.1. The lowest BCUT2D eigenvalue weighted by atomic mass is 10.2. The van der Waals surface area contributed by atoms with Gasteiger partial charge in [0.15, 0.2) is 0 Å². The number of carbonyl (C=O) groups excluding carboxylic acids is 2. The second kappa shape index (κ2) is 7.09. The Balaban J connectivity index is 2.24. The van der Waals surface area contributed by atoms with Crippen LogP contribution in [0.15, 0.2) is 46.9 Å². The number of hydrogen-bond donors (Lipinski definition) is 2. The molecule has 0 aliphatic carbocycles. The molecule has 0 spiro atoms. The van der Waals surface area contributed by atoms with Crippen LogP contribution in [0, 0.1) is 0 Å². The Morgan fingerprint density at radius 3 is 2.45 bits per heavy atom. The Morgan fingerprint density at radius 2 is 1.82 bits per heavy atom. The lowest BCUT2D eigenvalue weighted by Gasteiger charge is -2.12. The van der Waals surface area contributed by atoms with Crippen molar-refractivity contribution in [2.24, 2.45) is 0 Å². The lowest BCUT2D eigenvalue weighted by Crippen LogP contribution is -2.13. The maximum atomic E-state index is 12.3. The van der Waals surface area contributed by atoms with Crippen molar-refractivity contribution in [3.63, 3.8) is 0 Å². The van der Waals surface area contributed by atoms with Crippen LogP contribution in [0.25, 0.3) is 0 Å². The van der Waals surface area contributed by atoms with Crippen molar-refractivity contribution in [2.75, 3.05) is 17.7 Å². The molecule has 0 fully saturated rings. The van der Waals surface area contributed by atoms with Crippen LogP contribution < -0.4 is 15.4 Å². The van der Waals surface area contributed by atoms with Crippen molar-refractivity contribution >= 4 is 39.1 Å². The number of methoxy groups -OCH3 is 1. The predicted octanol–water partition coefficient (Wildman–Crippen LogP) is 3.67. The van der Waals surface area contributed by atoms with Crippen molar-refractivity contribution in [3.05, 3.63) is 52.5 Å². The smallest absolute Gasteiger partial charge is 0.256 e. The zero-order valence-electron chi connectivity index (χ0n) is 12.1. The Bertz CT molecular complexity index is 716. The number of rotatable bonds is 4. The van der Waals surface area contributed by atoms with E-state index in [4.69, 9.17) is 4.74 Å². The summed E-state index contributed by atoms with van der Waals surface area (Å²) in [6.45, 7) is 1.41. The van der Waals surface area contributed by atoms with E-state index in [0.717, 1.165) is 0 Å². The summed E-state index contributed by atoms with van der Waals surface area (Å²) < 4.78 is 5.89. The lowest BCUT2D eigenvalue weighted by molar-refractivity contribution is -0.114. The van der Waals surface area contributed by atoms with Gasteiger partial charge in [-0.05, 0) is 46.3 Å². The van der Waals surface area contributed by atoms with E-state index in [-0.39, 0.29) is 11.8 Å². The number of anilines is 2. The van der Waals surface area contributed by atoms with Gasteiger partial charge in [0.1, 0.15) is 5.75 Å². The number of ether oxygens (including phenoxy) is 1. The second-order valence-corrected chi connectivity index (χ2v) is 5.38. The van der Waals surface area contributed by atoms with Crippen LogP contribution in [0.1, 0.15) is 17.3 Å². The molecule has 0 unspecified atom stereocenters. The van der Waals surface area contributed by atoms with Gasteiger partial charge in [0.05, 0.1) is 18.4 Å². The number of carbonyl (C=O) groups is 2. The summed E-state index contributed by atoms with van der Waals surface area (Å²) in [4.78, 5) is 23.5. The summed E-state index contributed by atoms with van der Waals surface area (Å²) in [5.41, 5.74) is 1.59. The third kappa shape index (κ3) is 3.85. The molecule has 2 aromatic rings. The average molecular weight is 363 g/mol. The van der Waals surface area contributed by atoms with E-state index < -0.39 is 0 Å². The molecule has 114 valence electrons. The molecule has 0 saturated heterocycles. The number of hydrogen-bond acceptors (Lipinski definition) is 3. The van der Waals surface area contributed by atoms with Gasteiger partial charge < -0.3 is 15.4 Å². The minimum atomic E-state index is -0.244. The van der Waals surface area contributed by atoms with Gasteiger partial charge in [-0.3, -0.25) is 9.59 Å². The zero-order valence-corrected chi connectivity index (χ0v) is 13.7. The highest BCUT2D eigenvalue weighted by molar-refractivity contribution is 9.10. The van der Waals surface area contributed by atoms with Gasteiger partial charge in [0.2, 0.25) is 5.91 Å². The fraction of sp³-hybridized carbons (Fsp3) is 0.125. The number of benzene rings is 2. The maximum absolute atomic E-state index is 12.3. The van der Waals surface area contributed by atoms with Gasteiger partial charge in [-0.1, -0.05) is 12.1 Å². The van der Waals surface area contributed by atoms with Crippen LogP contribution in [-0.4, -0.2) is 18.9 Å². The summed E-state index contributed by atoms with van der Waals surface area (Å²) in [6, 6.07) is 12.2. The summed E-state index contributed by atoms with van der Waals surface area (Å²) in [6.07, 6.45) is 0. The van der Waals surface area contributed by atoms with Crippen molar-refractivity contribution in [1.29, 1.82) is 0 Å². The quantitative estimate of drug-likeness (QED) is 0.871. The fourth-order valence-corrected chi connectivity index (χ4v) is 2.38. The molecule has 2 aromatic carbocycles. The fourth-order valence-electron chi connectivity index (χ4n) is 1.92. The van der Waals surface area contributed by atoms with Gasteiger partial charge in [-0.2, -0.15) is 0 Å². The molecule has 0 bridgehead atoms. The van der Waals surface area contributed by atoms with Crippen molar-refractivity contribution in [2.45, 2.75) is 6.92 Å². The van der Waals surface area contributed by atoms with E-state index in [2.05, 4.69) is 26.6 Å². The highest BCUT2D eigenvalue weighted by atomic mass is 79.9. The normalized spacial score (nSPS) is 9.95. The van der Waals surface area contributed by atoms with Crippen molar-refractivity contribution in [1.82, 2.24) is 0 Å². The number of halogens is 1. The van der Waals surface area contributed by atoms with Crippen LogP contribution >= 0.6 is 15.9 Å². The largest absolute Gasteiger partial charge is 0.495 e. The first-order valence-corrected chi connectivity index (χ1v) is 7.32. The van der Waals surface area contributed by atoms with Gasteiger partial charge in [0, 0.05) is 17.1 Å². The second-order valence-electron chi connectivity index (χ2n) is 4.53. The van der Waals surface area contributed by atoms with Gasteiger partial charge in [-0.15, -0.1) is 0 Å².